The van der Waals surface area contributed by atoms with E-state index in [2.05, 4.69) is 27.8 Å². The van der Waals surface area contributed by atoms with Crippen LogP contribution >= 0.6 is 15.9 Å². The van der Waals surface area contributed by atoms with Crippen LogP contribution in [0.1, 0.15) is 44.7 Å². The van der Waals surface area contributed by atoms with E-state index in [1.165, 1.54) is 25.7 Å². The van der Waals surface area contributed by atoms with Gasteiger partial charge < -0.3 is 5.11 Å². The molecule has 1 atom stereocenters. The van der Waals surface area contributed by atoms with Gasteiger partial charge in [0.15, 0.2) is 0 Å². The molecule has 1 unspecified atom stereocenters. The summed E-state index contributed by atoms with van der Waals surface area (Å²) in [5.74, 6) is 0. The number of aliphatic hydroxyl groups is 1. The number of aliphatic hydroxyl groups excluding tert-OH is 1. The number of rotatable bonds is 4. The average Bonchev–Trinajstić information content (AvgIpc) is 2.82. The molecule has 0 radical (unpaired) electrons. The molecule has 0 aromatic carbocycles. The van der Waals surface area contributed by atoms with Crippen molar-refractivity contribution in [2.45, 2.75) is 51.6 Å². The van der Waals surface area contributed by atoms with Gasteiger partial charge in [-0.1, -0.05) is 19.8 Å². The number of halogens is 1. The quantitative estimate of drug-likeness (QED) is 0.919. The van der Waals surface area contributed by atoms with Crippen molar-refractivity contribution in [1.82, 2.24) is 4.98 Å². The van der Waals surface area contributed by atoms with Gasteiger partial charge in [0.05, 0.1) is 6.10 Å². The van der Waals surface area contributed by atoms with Crippen molar-refractivity contribution < 1.29 is 5.11 Å². The van der Waals surface area contributed by atoms with Crippen molar-refractivity contribution in [2.24, 2.45) is 5.41 Å². The lowest BCUT2D eigenvalue weighted by atomic mass is 9.76. The molecule has 17 heavy (non-hydrogen) atoms. The van der Waals surface area contributed by atoms with Gasteiger partial charge in [-0.25, -0.2) is 0 Å². The minimum absolute atomic E-state index is 0.148. The van der Waals surface area contributed by atoms with Crippen LogP contribution in [0.15, 0.2) is 22.8 Å². The third-order valence-electron chi connectivity index (χ3n) is 4.20. The Hall–Kier alpha value is -0.410. The normalized spacial score (nSPS) is 20.4. The summed E-state index contributed by atoms with van der Waals surface area (Å²) in [5, 5.41) is 10.5. The number of aromatic nitrogens is 1. The number of hydrogen-bond donors (Lipinski definition) is 1. The van der Waals surface area contributed by atoms with Gasteiger partial charge in [0.2, 0.25) is 0 Å². The Labute approximate surface area is 112 Å². The smallest absolute Gasteiger partial charge is 0.0651 e. The first kappa shape index (κ1) is 13.0. The molecule has 1 heterocycles. The summed E-state index contributed by atoms with van der Waals surface area (Å²) in [6, 6.07) is 3.98. The lowest BCUT2D eigenvalue weighted by molar-refractivity contribution is 0.0250. The summed E-state index contributed by atoms with van der Waals surface area (Å²) in [5.41, 5.74) is 1.13. The molecule has 0 spiro atoms. The van der Waals surface area contributed by atoms with E-state index in [1.807, 2.05) is 12.1 Å². The van der Waals surface area contributed by atoms with Crippen LogP contribution in [-0.4, -0.2) is 16.2 Å². The summed E-state index contributed by atoms with van der Waals surface area (Å²) in [6.07, 6.45) is 8.17. The molecule has 1 aromatic rings. The molecule has 0 aliphatic heterocycles. The van der Waals surface area contributed by atoms with Crippen molar-refractivity contribution >= 4 is 15.9 Å². The van der Waals surface area contributed by atoms with E-state index in [4.69, 9.17) is 0 Å². The highest BCUT2D eigenvalue weighted by Gasteiger charge is 2.38. The molecule has 3 heteroatoms. The fourth-order valence-corrected chi connectivity index (χ4v) is 3.18. The predicted octanol–water partition coefficient (Wildman–Crippen LogP) is 3.72. The number of hydrogen-bond acceptors (Lipinski definition) is 2. The summed E-state index contributed by atoms with van der Waals surface area (Å²) in [7, 11) is 0. The van der Waals surface area contributed by atoms with Gasteiger partial charge in [0.1, 0.15) is 0 Å². The van der Waals surface area contributed by atoms with Gasteiger partial charge in [0.25, 0.3) is 0 Å². The summed E-state index contributed by atoms with van der Waals surface area (Å²) in [6.45, 7) is 2.20. The highest BCUT2D eigenvalue weighted by atomic mass is 79.9. The molecule has 1 fully saturated rings. The zero-order valence-electron chi connectivity index (χ0n) is 10.3. The lowest BCUT2D eigenvalue weighted by Crippen LogP contribution is -2.34. The van der Waals surface area contributed by atoms with Gasteiger partial charge in [-0.2, -0.15) is 0 Å². The van der Waals surface area contributed by atoms with Gasteiger partial charge >= 0.3 is 0 Å². The fraction of sp³-hybridized carbons (Fsp3) is 0.643. The van der Waals surface area contributed by atoms with E-state index in [9.17, 15) is 5.11 Å². The maximum Gasteiger partial charge on any atom is 0.0651 e. The average molecular weight is 298 g/mol. The highest BCUT2D eigenvalue weighted by Crippen LogP contribution is 2.44. The van der Waals surface area contributed by atoms with E-state index >= 15 is 0 Å². The fourth-order valence-electron chi connectivity index (χ4n) is 2.94. The number of nitrogens with zero attached hydrogens (tertiary/aromatic N) is 1. The molecule has 2 rings (SSSR count). The van der Waals surface area contributed by atoms with Crippen LogP contribution in [0.2, 0.25) is 0 Å². The summed E-state index contributed by atoms with van der Waals surface area (Å²) in [4.78, 5) is 4.35. The monoisotopic (exact) mass is 297 g/mol. The van der Waals surface area contributed by atoms with E-state index in [1.54, 1.807) is 6.20 Å². The van der Waals surface area contributed by atoms with Gasteiger partial charge in [0, 0.05) is 22.8 Å². The molecular weight excluding hydrogens is 278 g/mol. The molecule has 0 amide bonds. The molecule has 94 valence electrons. The SMILES string of the molecule is CCC1(C(O)Cc2ccc(Br)cn2)CCCC1. The first-order chi connectivity index (χ1) is 8.16. The zero-order valence-corrected chi connectivity index (χ0v) is 11.9. The Balaban J connectivity index is 2.05. The number of pyridine rings is 1. The Morgan fingerprint density at radius 3 is 2.65 bits per heavy atom. The molecule has 1 N–H and O–H groups in total. The Kier molecular flexibility index (Phi) is 4.21. The van der Waals surface area contributed by atoms with Crippen molar-refractivity contribution in [3.05, 3.63) is 28.5 Å². The predicted molar refractivity (Wildman–Crippen MR) is 72.8 cm³/mol. The van der Waals surface area contributed by atoms with Crippen LogP contribution < -0.4 is 0 Å². The highest BCUT2D eigenvalue weighted by molar-refractivity contribution is 9.10. The lowest BCUT2D eigenvalue weighted by Gasteiger charge is -2.33. The van der Waals surface area contributed by atoms with E-state index in [0.29, 0.717) is 6.42 Å². The zero-order chi connectivity index (χ0) is 12.3. The molecule has 1 saturated carbocycles. The molecular formula is C14H20BrNO. The standard InChI is InChI=1S/C14H20BrNO/c1-2-14(7-3-4-8-14)13(17)9-12-6-5-11(15)10-16-12/h5-6,10,13,17H,2-4,7-9H2,1H3. The Bertz CT molecular complexity index is 357. The Morgan fingerprint density at radius 2 is 2.12 bits per heavy atom. The van der Waals surface area contributed by atoms with Crippen LogP contribution in [0.3, 0.4) is 0 Å². The van der Waals surface area contributed by atoms with E-state index < -0.39 is 0 Å². The first-order valence-corrected chi connectivity index (χ1v) is 7.24. The Morgan fingerprint density at radius 1 is 1.41 bits per heavy atom. The van der Waals surface area contributed by atoms with Gasteiger partial charge in [-0.3, -0.25) is 4.98 Å². The van der Waals surface area contributed by atoms with Crippen LogP contribution in [-0.2, 0) is 6.42 Å². The van der Waals surface area contributed by atoms with Crippen molar-refractivity contribution in [3.8, 4) is 0 Å². The minimum atomic E-state index is -0.247. The maximum absolute atomic E-state index is 10.5. The maximum atomic E-state index is 10.5. The second kappa shape index (κ2) is 5.49. The first-order valence-electron chi connectivity index (χ1n) is 6.45. The van der Waals surface area contributed by atoms with Crippen molar-refractivity contribution in [3.63, 3.8) is 0 Å². The topological polar surface area (TPSA) is 33.1 Å². The van der Waals surface area contributed by atoms with Crippen molar-refractivity contribution in [1.29, 1.82) is 0 Å². The van der Waals surface area contributed by atoms with Crippen LogP contribution in [0, 0.1) is 5.41 Å². The molecule has 1 aromatic heterocycles. The third-order valence-corrected chi connectivity index (χ3v) is 4.67. The molecule has 1 aliphatic carbocycles. The second-order valence-corrected chi connectivity index (χ2v) is 6.03. The van der Waals surface area contributed by atoms with Crippen molar-refractivity contribution in [2.75, 3.05) is 0 Å². The van der Waals surface area contributed by atoms with E-state index in [-0.39, 0.29) is 11.5 Å². The largest absolute Gasteiger partial charge is 0.392 e. The minimum Gasteiger partial charge on any atom is -0.392 e. The molecule has 0 saturated heterocycles. The van der Waals surface area contributed by atoms with Crippen LogP contribution in [0.25, 0.3) is 0 Å². The van der Waals surface area contributed by atoms with Crippen LogP contribution in [0.5, 0.6) is 0 Å². The molecule has 0 bridgehead atoms. The summed E-state index contributed by atoms with van der Waals surface area (Å²) >= 11 is 3.38. The summed E-state index contributed by atoms with van der Waals surface area (Å²) < 4.78 is 0.988. The van der Waals surface area contributed by atoms with E-state index in [0.717, 1.165) is 16.6 Å². The third kappa shape index (κ3) is 2.89. The second-order valence-electron chi connectivity index (χ2n) is 5.11. The molecule has 1 aliphatic rings. The molecule has 2 nitrogen and oxygen atoms in total. The van der Waals surface area contributed by atoms with Crippen LogP contribution in [0.4, 0.5) is 0 Å². The van der Waals surface area contributed by atoms with Gasteiger partial charge in [-0.15, -0.1) is 0 Å². The van der Waals surface area contributed by atoms with Gasteiger partial charge in [-0.05, 0) is 52.7 Å².